The molecule has 29 heavy (non-hydrogen) atoms. The Morgan fingerprint density at radius 1 is 1.14 bits per heavy atom. The summed E-state index contributed by atoms with van der Waals surface area (Å²) in [6.07, 6.45) is 3.90. The number of primary sulfonamides is 1. The van der Waals surface area contributed by atoms with Crippen molar-refractivity contribution in [1.29, 1.82) is 0 Å². The van der Waals surface area contributed by atoms with Crippen molar-refractivity contribution in [3.63, 3.8) is 0 Å². The molecule has 0 bridgehead atoms. The molecule has 2 aromatic carbocycles. The van der Waals surface area contributed by atoms with Crippen molar-refractivity contribution in [2.75, 3.05) is 5.32 Å². The van der Waals surface area contributed by atoms with Gasteiger partial charge in [-0.05, 0) is 48.4 Å². The first-order valence-corrected chi connectivity index (χ1v) is 10.5. The summed E-state index contributed by atoms with van der Waals surface area (Å²) in [5.41, 5.74) is 2.23. The number of amides is 1. The van der Waals surface area contributed by atoms with Gasteiger partial charge < -0.3 is 10.1 Å². The van der Waals surface area contributed by atoms with Gasteiger partial charge in [0.25, 0.3) is 5.91 Å². The van der Waals surface area contributed by atoms with Crippen molar-refractivity contribution < 1.29 is 17.9 Å². The van der Waals surface area contributed by atoms with Crippen LogP contribution in [0, 0.1) is 0 Å². The van der Waals surface area contributed by atoms with E-state index < -0.39 is 10.0 Å². The number of hydrogen-bond donors (Lipinski definition) is 2. The van der Waals surface area contributed by atoms with Gasteiger partial charge >= 0.3 is 0 Å². The van der Waals surface area contributed by atoms with Crippen molar-refractivity contribution in [3.05, 3.63) is 83.7 Å². The molecule has 0 fully saturated rings. The molecule has 0 aliphatic carbocycles. The van der Waals surface area contributed by atoms with Crippen molar-refractivity contribution in [3.8, 4) is 5.75 Å². The van der Waals surface area contributed by atoms with E-state index in [1.807, 2.05) is 19.1 Å². The smallest absolute Gasteiger partial charge is 0.255 e. The molecule has 1 heterocycles. The topological polar surface area (TPSA) is 111 Å². The molecule has 0 atom stereocenters. The number of sulfonamides is 1. The van der Waals surface area contributed by atoms with E-state index in [-0.39, 0.29) is 10.8 Å². The fraction of sp³-hybridized carbons (Fsp3) is 0.143. The first-order chi connectivity index (χ1) is 13.9. The van der Waals surface area contributed by atoms with Crippen LogP contribution < -0.4 is 15.2 Å². The SMILES string of the molecule is CCc1ccc(NC(=O)c2cccc(OCc3cccnc3)c2)cc1S(N)(=O)=O. The molecule has 1 aromatic heterocycles. The first-order valence-electron chi connectivity index (χ1n) is 8.95. The van der Waals surface area contributed by atoms with Crippen LogP contribution in [-0.4, -0.2) is 19.3 Å². The number of nitrogens with zero attached hydrogens (tertiary/aromatic N) is 1. The van der Waals surface area contributed by atoms with E-state index in [0.29, 0.717) is 35.6 Å². The molecule has 0 spiro atoms. The van der Waals surface area contributed by atoms with Crippen LogP contribution in [-0.2, 0) is 23.1 Å². The lowest BCUT2D eigenvalue weighted by Gasteiger charge is -2.11. The van der Waals surface area contributed by atoms with Crippen LogP contribution in [0.4, 0.5) is 5.69 Å². The minimum Gasteiger partial charge on any atom is -0.489 e. The Balaban J connectivity index is 1.74. The Bertz CT molecular complexity index is 1120. The normalized spacial score (nSPS) is 11.1. The average molecular weight is 411 g/mol. The Kier molecular flexibility index (Phi) is 6.26. The number of carbonyl (C=O) groups is 1. The number of pyridine rings is 1. The van der Waals surface area contributed by atoms with E-state index in [1.165, 1.54) is 6.07 Å². The molecule has 0 aliphatic heterocycles. The van der Waals surface area contributed by atoms with Gasteiger partial charge in [0, 0.05) is 29.2 Å². The highest BCUT2D eigenvalue weighted by Gasteiger charge is 2.15. The zero-order valence-electron chi connectivity index (χ0n) is 15.8. The lowest BCUT2D eigenvalue weighted by Crippen LogP contribution is -2.16. The zero-order chi connectivity index (χ0) is 20.9. The number of aromatic nitrogens is 1. The number of carbonyl (C=O) groups excluding carboxylic acids is 1. The van der Waals surface area contributed by atoms with Gasteiger partial charge in [0.15, 0.2) is 0 Å². The lowest BCUT2D eigenvalue weighted by molar-refractivity contribution is 0.102. The van der Waals surface area contributed by atoms with Crippen molar-refractivity contribution >= 4 is 21.6 Å². The minimum atomic E-state index is -3.89. The fourth-order valence-electron chi connectivity index (χ4n) is 2.77. The molecule has 7 nitrogen and oxygen atoms in total. The maximum Gasteiger partial charge on any atom is 0.255 e. The zero-order valence-corrected chi connectivity index (χ0v) is 16.6. The van der Waals surface area contributed by atoms with E-state index in [0.717, 1.165) is 5.56 Å². The Morgan fingerprint density at radius 2 is 1.97 bits per heavy atom. The predicted octanol–water partition coefficient (Wildman–Crippen LogP) is 3.12. The highest BCUT2D eigenvalue weighted by Crippen LogP contribution is 2.22. The van der Waals surface area contributed by atoms with E-state index in [4.69, 9.17) is 9.88 Å². The van der Waals surface area contributed by atoms with Crippen molar-refractivity contribution in [2.45, 2.75) is 24.8 Å². The van der Waals surface area contributed by atoms with Crippen LogP contribution >= 0.6 is 0 Å². The second-order valence-corrected chi connectivity index (χ2v) is 7.88. The molecule has 0 saturated heterocycles. The molecule has 3 rings (SSSR count). The van der Waals surface area contributed by atoms with E-state index in [9.17, 15) is 13.2 Å². The molecule has 0 saturated carbocycles. The van der Waals surface area contributed by atoms with Crippen LogP contribution in [0.3, 0.4) is 0 Å². The summed E-state index contributed by atoms with van der Waals surface area (Å²) >= 11 is 0. The summed E-state index contributed by atoms with van der Waals surface area (Å²) in [4.78, 5) is 16.6. The van der Waals surface area contributed by atoms with Gasteiger partial charge in [-0.15, -0.1) is 0 Å². The predicted molar refractivity (Wildman–Crippen MR) is 110 cm³/mol. The summed E-state index contributed by atoms with van der Waals surface area (Å²) in [5.74, 6) is 0.148. The largest absolute Gasteiger partial charge is 0.489 e. The number of anilines is 1. The quantitative estimate of drug-likeness (QED) is 0.620. The third kappa shape index (κ3) is 5.40. The second-order valence-electron chi connectivity index (χ2n) is 6.35. The minimum absolute atomic E-state index is 0.00588. The summed E-state index contributed by atoms with van der Waals surface area (Å²) in [5, 5.41) is 7.98. The van der Waals surface area contributed by atoms with E-state index in [1.54, 1.807) is 48.8 Å². The highest BCUT2D eigenvalue weighted by atomic mass is 32.2. The number of nitrogens with two attached hydrogens (primary N) is 1. The standard InChI is InChI=1S/C21H21N3O4S/c1-2-16-8-9-18(12-20(16)29(22,26)27)24-21(25)17-6-3-7-19(11-17)28-14-15-5-4-10-23-13-15/h3-13H,2,14H2,1H3,(H,24,25)(H2,22,26,27). The van der Waals surface area contributed by atoms with Gasteiger partial charge in [0.1, 0.15) is 12.4 Å². The number of ether oxygens (including phenoxy) is 1. The maximum atomic E-state index is 12.6. The number of nitrogens with one attached hydrogen (secondary N) is 1. The number of rotatable bonds is 7. The van der Waals surface area contributed by atoms with Gasteiger partial charge in [-0.1, -0.05) is 25.1 Å². The van der Waals surface area contributed by atoms with Crippen LogP contribution in [0.25, 0.3) is 0 Å². The summed E-state index contributed by atoms with van der Waals surface area (Å²) < 4.78 is 29.3. The molecule has 0 aliphatic rings. The Hall–Kier alpha value is -3.23. The van der Waals surface area contributed by atoms with Crippen molar-refractivity contribution in [1.82, 2.24) is 4.98 Å². The first kappa shape index (κ1) is 20.5. The summed E-state index contributed by atoms with van der Waals surface area (Å²) in [7, 11) is -3.89. The van der Waals surface area contributed by atoms with Gasteiger partial charge in [0.2, 0.25) is 10.0 Å². The van der Waals surface area contributed by atoms with Gasteiger partial charge in [-0.2, -0.15) is 0 Å². The second kappa shape index (κ2) is 8.85. The Morgan fingerprint density at radius 3 is 2.66 bits per heavy atom. The monoisotopic (exact) mass is 411 g/mol. The van der Waals surface area contributed by atoms with E-state index >= 15 is 0 Å². The van der Waals surface area contributed by atoms with Crippen LogP contribution in [0.2, 0.25) is 0 Å². The highest BCUT2D eigenvalue weighted by molar-refractivity contribution is 7.89. The van der Waals surface area contributed by atoms with Crippen LogP contribution in [0.5, 0.6) is 5.75 Å². The number of hydrogen-bond acceptors (Lipinski definition) is 5. The summed E-state index contributed by atoms with van der Waals surface area (Å²) in [6.45, 7) is 2.16. The molecule has 3 N–H and O–H groups in total. The number of benzene rings is 2. The maximum absolute atomic E-state index is 12.6. The van der Waals surface area contributed by atoms with Gasteiger partial charge in [-0.25, -0.2) is 13.6 Å². The number of aryl methyl sites for hydroxylation is 1. The fourth-order valence-corrected chi connectivity index (χ4v) is 3.64. The Labute approximate surface area is 169 Å². The third-order valence-corrected chi connectivity index (χ3v) is 5.23. The third-order valence-electron chi connectivity index (χ3n) is 4.24. The molecule has 8 heteroatoms. The lowest BCUT2D eigenvalue weighted by atomic mass is 10.1. The van der Waals surface area contributed by atoms with E-state index in [2.05, 4.69) is 10.3 Å². The summed E-state index contributed by atoms with van der Waals surface area (Å²) in [6, 6.07) is 15.1. The van der Waals surface area contributed by atoms with Crippen LogP contribution in [0.15, 0.2) is 71.9 Å². The van der Waals surface area contributed by atoms with Gasteiger partial charge in [-0.3, -0.25) is 9.78 Å². The molecular weight excluding hydrogens is 390 g/mol. The molecule has 0 unspecified atom stereocenters. The molecule has 0 radical (unpaired) electrons. The average Bonchev–Trinajstić information content (AvgIpc) is 2.72. The van der Waals surface area contributed by atoms with Crippen molar-refractivity contribution in [2.24, 2.45) is 5.14 Å². The molecular formula is C21H21N3O4S. The molecule has 3 aromatic rings. The van der Waals surface area contributed by atoms with Crippen LogP contribution in [0.1, 0.15) is 28.4 Å². The van der Waals surface area contributed by atoms with Gasteiger partial charge in [0.05, 0.1) is 4.90 Å². The molecule has 1 amide bonds. The molecule has 150 valence electrons.